The highest BCUT2D eigenvalue weighted by atomic mass is 19.4. The Kier molecular flexibility index (Phi) is 6.43. The number of nitrogens with zero attached hydrogens (tertiary/aromatic N) is 5. The number of halogens is 3. The molecule has 0 unspecified atom stereocenters. The fraction of sp³-hybridized carbons (Fsp3) is 0.458. The van der Waals surface area contributed by atoms with Crippen molar-refractivity contribution in [2.75, 3.05) is 32.7 Å². The molecule has 9 heteroatoms. The monoisotopic (exact) mass is 459 g/mol. The van der Waals surface area contributed by atoms with Crippen LogP contribution >= 0.6 is 0 Å². The molecule has 1 aliphatic heterocycles. The lowest BCUT2D eigenvalue weighted by Crippen LogP contribution is -2.38. The second-order valence-corrected chi connectivity index (χ2v) is 8.83. The molecule has 0 radical (unpaired) electrons. The molecular formula is C24H28F3N5O. The zero-order valence-corrected chi connectivity index (χ0v) is 19.1. The zero-order valence-electron chi connectivity index (χ0n) is 19.1. The van der Waals surface area contributed by atoms with Gasteiger partial charge in [0.05, 0.1) is 29.4 Å². The van der Waals surface area contributed by atoms with E-state index in [-0.39, 0.29) is 25.0 Å². The van der Waals surface area contributed by atoms with Crippen LogP contribution in [-0.4, -0.2) is 69.4 Å². The van der Waals surface area contributed by atoms with Crippen molar-refractivity contribution in [2.45, 2.75) is 39.4 Å². The van der Waals surface area contributed by atoms with Crippen molar-refractivity contribution in [3.05, 3.63) is 47.7 Å². The number of amides is 1. The number of aromatic nitrogens is 3. The maximum Gasteiger partial charge on any atom is 0.401 e. The van der Waals surface area contributed by atoms with Gasteiger partial charge in [-0.2, -0.15) is 18.3 Å². The van der Waals surface area contributed by atoms with Gasteiger partial charge in [-0.1, -0.05) is 24.3 Å². The highest BCUT2D eigenvalue weighted by Crippen LogP contribution is 2.29. The van der Waals surface area contributed by atoms with Gasteiger partial charge in [-0.3, -0.25) is 9.69 Å². The number of carbonyl (C=O) groups excluding carboxylic acids is 1. The second-order valence-electron chi connectivity index (χ2n) is 8.83. The predicted octanol–water partition coefficient (Wildman–Crippen LogP) is 4.70. The van der Waals surface area contributed by atoms with Gasteiger partial charge >= 0.3 is 6.18 Å². The SMILES string of the molecule is Cc1ccccc1-c1cc(C(=O)N2CCCN(CC(F)(F)F)CC2)c2cnn(C(C)C)c2n1. The summed E-state index contributed by atoms with van der Waals surface area (Å²) in [4.78, 5) is 21.5. The van der Waals surface area contributed by atoms with Gasteiger partial charge in [-0.15, -0.1) is 0 Å². The van der Waals surface area contributed by atoms with Crippen LogP contribution in [0.5, 0.6) is 0 Å². The van der Waals surface area contributed by atoms with Crippen molar-refractivity contribution < 1.29 is 18.0 Å². The minimum Gasteiger partial charge on any atom is -0.337 e. The van der Waals surface area contributed by atoms with Crippen molar-refractivity contribution in [3.63, 3.8) is 0 Å². The van der Waals surface area contributed by atoms with Crippen LogP contribution in [0.1, 0.15) is 42.2 Å². The van der Waals surface area contributed by atoms with Crippen LogP contribution < -0.4 is 0 Å². The standard InChI is InChI=1S/C24H28F3N5O/c1-16(2)32-22-20(14-28-32)19(13-21(29-22)18-8-5-4-7-17(18)3)23(33)31-10-6-9-30(11-12-31)15-24(25,26)27/h4-5,7-8,13-14,16H,6,9-12,15H2,1-3H3. The summed E-state index contributed by atoms with van der Waals surface area (Å²) in [7, 11) is 0. The minimum atomic E-state index is -4.25. The zero-order chi connectivity index (χ0) is 23.8. The molecule has 0 bridgehead atoms. The first-order chi connectivity index (χ1) is 15.6. The number of benzene rings is 1. The van der Waals surface area contributed by atoms with Crippen molar-refractivity contribution in [1.82, 2.24) is 24.6 Å². The van der Waals surface area contributed by atoms with Gasteiger partial charge < -0.3 is 4.90 Å². The van der Waals surface area contributed by atoms with Gasteiger partial charge in [0.15, 0.2) is 5.65 Å². The lowest BCUT2D eigenvalue weighted by atomic mass is 10.0. The summed E-state index contributed by atoms with van der Waals surface area (Å²) in [6, 6.07) is 9.68. The van der Waals surface area contributed by atoms with Crippen molar-refractivity contribution in [2.24, 2.45) is 0 Å². The highest BCUT2D eigenvalue weighted by Gasteiger charge is 2.32. The molecule has 2 aromatic heterocycles. The fourth-order valence-corrected chi connectivity index (χ4v) is 4.33. The Labute approximate surface area is 191 Å². The van der Waals surface area contributed by atoms with Crippen LogP contribution in [0, 0.1) is 6.92 Å². The molecule has 4 rings (SSSR count). The van der Waals surface area contributed by atoms with E-state index in [0.717, 1.165) is 11.1 Å². The van der Waals surface area contributed by atoms with E-state index in [9.17, 15) is 18.0 Å². The van der Waals surface area contributed by atoms with Crippen molar-refractivity contribution in [3.8, 4) is 11.3 Å². The molecule has 1 aromatic carbocycles. The summed E-state index contributed by atoms with van der Waals surface area (Å²) < 4.78 is 40.3. The molecule has 3 heterocycles. The molecule has 3 aromatic rings. The summed E-state index contributed by atoms with van der Waals surface area (Å²) in [6.07, 6.45) is -2.10. The number of fused-ring (bicyclic) bond motifs is 1. The maximum absolute atomic E-state index is 13.6. The molecule has 1 aliphatic rings. The molecule has 0 aliphatic carbocycles. The van der Waals surface area contributed by atoms with E-state index in [1.54, 1.807) is 21.8 Å². The fourth-order valence-electron chi connectivity index (χ4n) is 4.33. The molecule has 1 saturated heterocycles. The molecule has 0 saturated carbocycles. The van der Waals surface area contributed by atoms with Crippen molar-refractivity contribution in [1.29, 1.82) is 0 Å². The first kappa shape index (κ1) is 23.2. The van der Waals surface area contributed by atoms with E-state index in [1.807, 2.05) is 45.0 Å². The Balaban J connectivity index is 1.72. The van der Waals surface area contributed by atoms with Gasteiger partial charge in [-0.05, 0) is 38.8 Å². The molecule has 6 nitrogen and oxygen atoms in total. The van der Waals surface area contributed by atoms with Gasteiger partial charge in [0.1, 0.15) is 0 Å². The van der Waals surface area contributed by atoms with Crippen LogP contribution in [0.4, 0.5) is 13.2 Å². The van der Waals surface area contributed by atoms with E-state index >= 15 is 0 Å². The van der Waals surface area contributed by atoms with Crippen molar-refractivity contribution >= 4 is 16.9 Å². The molecule has 1 amide bonds. The number of aryl methyl sites for hydroxylation is 1. The Hall–Kier alpha value is -2.94. The average Bonchev–Trinajstić information content (AvgIpc) is 3.05. The van der Waals surface area contributed by atoms with Crippen LogP contribution in [-0.2, 0) is 0 Å². The lowest BCUT2D eigenvalue weighted by molar-refractivity contribution is -0.145. The van der Waals surface area contributed by atoms with E-state index in [4.69, 9.17) is 4.98 Å². The summed E-state index contributed by atoms with van der Waals surface area (Å²) in [6.45, 7) is 6.20. The number of hydrogen-bond acceptors (Lipinski definition) is 4. The number of hydrogen-bond donors (Lipinski definition) is 0. The normalized spacial score (nSPS) is 15.9. The molecule has 0 atom stereocenters. The highest BCUT2D eigenvalue weighted by molar-refractivity contribution is 6.06. The quantitative estimate of drug-likeness (QED) is 0.568. The number of rotatable bonds is 4. The number of carbonyl (C=O) groups is 1. The summed E-state index contributed by atoms with van der Waals surface area (Å²) in [5.41, 5.74) is 3.75. The van der Waals surface area contributed by atoms with Gasteiger partial charge in [-0.25, -0.2) is 9.67 Å². The van der Waals surface area contributed by atoms with Crippen LogP contribution in [0.15, 0.2) is 36.5 Å². The van der Waals surface area contributed by atoms with Gasteiger partial charge in [0.2, 0.25) is 0 Å². The van der Waals surface area contributed by atoms with Crippen LogP contribution in [0.3, 0.4) is 0 Å². The van der Waals surface area contributed by atoms with E-state index in [0.29, 0.717) is 41.8 Å². The summed E-state index contributed by atoms with van der Waals surface area (Å²) in [5.74, 6) is -0.200. The van der Waals surface area contributed by atoms with Crippen LogP contribution in [0.2, 0.25) is 0 Å². The van der Waals surface area contributed by atoms with Gasteiger partial charge in [0.25, 0.3) is 5.91 Å². The Morgan fingerprint density at radius 2 is 1.88 bits per heavy atom. The molecule has 33 heavy (non-hydrogen) atoms. The Morgan fingerprint density at radius 3 is 2.58 bits per heavy atom. The average molecular weight is 460 g/mol. The van der Waals surface area contributed by atoms with E-state index in [1.165, 1.54) is 4.90 Å². The van der Waals surface area contributed by atoms with E-state index in [2.05, 4.69) is 5.10 Å². The molecule has 176 valence electrons. The maximum atomic E-state index is 13.6. The van der Waals surface area contributed by atoms with Gasteiger partial charge in [0, 0.05) is 37.8 Å². The largest absolute Gasteiger partial charge is 0.401 e. The third kappa shape index (κ3) is 5.03. The minimum absolute atomic E-state index is 0.0548. The molecule has 0 spiro atoms. The Bertz CT molecular complexity index is 1150. The Morgan fingerprint density at radius 1 is 1.12 bits per heavy atom. The third-order valence-corrected chi connectivity index (χ3v) is 5.99. The lowest BCUT2D eigenvalue weighted by Gasteiger charge is -2.23. The molecule has 1 fully saturated rings. The molecule has 0 N–H and O–H groups in total. The number of alkyl halides is 3. The second kappa shape index (κ2) is 9.13. The first-order valence-corrected chi connectivity index (χ1v) is 11.2. The summed E-state index contributed by atoms with van der Waals surface area (Å²) in [5, 5.41) is 5.12. The van der Waals surface area contributed by atoms with Crippen LogP contribution in [0.25, 0.3) is 22.3 Å². The first-order valence-electron chi connectivity index (χ1n) is 11.2. The summed E-state index contributed by atoms with van der Waals surface area (Å²) >= 11 is 0. The third-order valence-electron chi connectivity index (χ3n) is 5.99. The topological polar surface area (TPSA) is 54.3 Å². The number of pyridine rings is 1. The molecular weight excluding hydrogens is 431 g/mol. The van der Waals surface area contributed by atoms with E-state index < -0.39 is 12.7 Å². The predicted molar refractivity (Wildman–Crippen MR) is 121 cm³/mol. The smallest absolute Gasteiger partial charge is 0.337 e.